The van der Waals surface area contributed by atoms with Crippen LogP contribution in [-0.2, 0) is 0 Å². The number of nitrogens with one attached hydrogen (secondary N) is 1. The van der Waals surface area contributed by atoms with Gasteiger partial charge in [0.2, 0.25) is 0 Å². The van der Waals surface area contributed by atoms with E-state index in [0.29, 0.717) is 17.1 Å². The summed E-state index contributed by atoms with van der Waals surface area (Å²) < 4.78 is 11.5. The molecule has 1 heterocycles. The topological polar surface area (TPSA) is 125 Å². The first kappa shape index (κ1) is 22.3. The summed E-state index contributed by atoms with van der Waals surface area (Å²) in [5, 5.41) is 24.7. The number of hydrogen-bond acceptors (Lipinski definition) is 6. The van der Waals surface area contributed by atoms with Crippen LogP contribution in [0.2, 0.25) is 0 Å². The normalized spacial score (nSPS) is 11.3. The van der Waals surface area contributed by atoms with Crippen LogP contribution < -0.4 is 10.1 Å². The number of hydrogen-bond donors (Lipinski definition) is 2. The van der Waals surface area contributed by atoms with Gasteiger partial charge in [0, 0.05) is 6.07 Å². The molecule has 0 aliphatic carbocycles. The van der Waals surface area contributed by atoms with Crippen molar-refractivity contribution in [2.75, 3.05) is 5.32 Å². The molecule has 8 heteroatoms. The van der Waals surface area contributed by atoms with Crippen LogP contribution >= 0.6 is 0 Å². The van der Waals surface area contributed by atoms with Gasteiger partial charge in [-0.3, -0.25) is 4.79 Å². The van der Waals surface area contributed by atoms with Crippen molar-refractivity contribution < 1.29 is 24.0 Å². The fourth-order valence-electron chi connectivity index (χ4n) is 3.35. The Morgan fingerprint density at radius 3 is 2.53 bits per heavy atom. The summed E-state index contributed by atoms with van der Waals surface area (Å²) in [4.78, 5) is 24.2. The minimum atomic E-state index is -1.27. The summed E-state index contributed by atoms with van der Waals surface area (Å²) in [6.07, 6.45) is -0.223. The molecular formula is C26H19N3O5. The lowest BCUT2D eigenvalue weighted by Crippen LogP contribution is -2.15. The first-order valence-corrected chi connectivity index (χ1v) is 10.3. The minimum Gasteiger partial charge on any atom is -0.485 e. The zero-order valence-corrected chi connectivity index (χ0v) is 18.1. The van der Waals surface area contributed by atoms with Crippen molar-refractivity contribution in [3.8, 4) is 23.1 Å². The SMILES string of the molecule is C[C@H](Oc1ccccc1-c1cc(C(=O)Nc2ccc(C#N)cc2C(=O)O)no1)c1ccccc1. The third-order valence-corrected chi connectivity index (χ3v) is 5.10. The van der Waals surface area contributed by atoms with E-state index in [1.54, 1.807) is 12.1 Å². The Morgan fingerprint density at radius 1 is 1.06 bits per heavy atom. The molecule has 1 aromatic heterocycles. The van der Waals surface area contributed by atoms with Gasteiger partial charge >= 0.3 is 5.97 Å². The number of rotatable bonds is 7. The lowest BCUT2D eigenvalue weighted by molar-refractivity contribution is 0.0698. The summed E-state index contributed by atoms with van der Waals surface area (Å²) in [6.45, 7) is 1.93. The third kappa shape index (κ3) is 4.79. The highest BCUT2D eigenvalue weighted by atomic mass is 16.5. The highest BCUT2D eigenvalue weighted by Gasteiger charge is 2.20. The molecule has 8 nitrogen and oxygen atoms in total. The molecule has 0 bridgehead atoms. The number of nitriles is 1. The summed E-state index contributed by atoms with van der Waals surface area (Å²) in [5.41, 5.74) is 1.58. The summed E-state index contributed by atoms with van der Waals surface area (Å²) in [5.74, 6) is -1.05. The predicted molar refractivity (Wildman–Crippen MR) is 123 cm³/mol. The van der Waals surface area contributed by atoms with Gasteiger partial charge in [0.25, 0.3) is 5.91 Å². The number of aromatic nitrogens is 1. The quantitative estimate of drug-likeness (QED) is 0.389. The largest absolute Gasteiger partial charge is 0.485 e. The molecule has 3 aromatic carbocycles. The molecule has 4 rings (SSSR count). The number of nitrogens with zero attached hydrogens (tertiary/aromatic N) is 2. The summed E-state index contributed by atoms with van der Waals surface area (Å²) in [6, 6.07) is 24.3. The van der Waals surface area contributed by atoms with Crippen molar-refractivity contribution in [3.63, 3.8) is 0 Å². The number of carbonyl (C=O) groups excluding carboxylic acids is 1. The molecule has 2 N–H and O–H groups in total. The maximum atomic E-state index is 12.7. The van der Waals surface area contributed by atoms with E-state index in [1.807, 2.05) is 55.5 Å². The van der Waals surface area contributed by atoms with E-state index in [0.717, 1.165) is 5.56 Å². The molecule has 0 saturated heterocycles. The van der Waals surface area contributed by atoms with Crippen molar-refractivity contribution in [2.24, 2.45) is 0 Å². The second-order valence-electron chi connectivity index (χ2n) is 7.37. The number of carbonyl (C=O) groups is 2. The fourth-order valence-corrected chi connectivity index (χ4v) is 3.35. The smallest absolute Gasteiger partial charge is 0.337 e. The number of benzene rings is 3. The van der Waals surface area contributed by atoms with Crippen LogP contribution in [0.15, 0.2) is 83.4 Å². The fraction of sp³-hybridized carbons (Fsp3) is 0.0769. The van der Waals surface area contributed by atoms with Gasteiger partial charge in [-0.15, -0.1) is 0 Å². The number of ether oxygens (including phenoxy) is 1. The Kier molecular flexibility index (Phi) is 6.37. The average molecular weight is 453 g/mol. The molecule has 0 unspecified atom stereocenters. The lowest BCUT2D eigenvalue weighted by atomic mass is 10.1. The van der Waals surface area contributed by atoms with Crippen molar-refractivity contribution >= 4 is 17.6 Å². The molecular weight excluding hydrogens is 434 g/mol. The Balaban J connectivity index is 1.56. The molecule has 0 radical (unpaired) electrons. The maximum absolute atomic E-state index is 12.7. The second-order valence-corrected chi connectivity index (χ2v) is 7.37. The van der Waals surface area contributed by atoms with Gasteiger partial charge in [-0.05, 0) is 42.8 Å². The van der Waals surface area contributed by atoms with Gasteiger partial charge in [-0.2, -0.15) is 5.26 Å². The van der Waals surface area contributed by atoms with E-state index < -0.39 is 11.9 Å². The predicted octanol–water partition coefficient (Wildman–Crippen LogP) is 5.30. The van der Waals surface area contributed by atoms with Crippen molar-refractivity contribution in [2.45, 2.75) is 13.0 Å². The van der Waals surface area contributed by atoms with E-state index in [9.17, 15) is 14.7 Å². The van der Waals surface area contributed by atoms with Gasteiger partial charge in [0.15, 0.2) is 11.5 Å². The van der Waals surface area contributed by atoms with Crippen LogP contribution in [0.5, 0.6) is 5.75 Å². The number of para-hydroxylation sites is 1. The van der Waals surface area contributed by atoms with Crippen molar-refractivity contribution in [3.05, 3.63) is 101 Å². The Hall–Kier alpha value is -4.90. The van der Waals surface area contributed by atoms with E-state index in [-0.39, 0.29) is 28.6 Å². The summed E-state index contributed by atoms with van der Waals surface area (Å²) in [7, 11) is 0. The van der Waals surface area contributed by atoms with Crippen molar-refractivity contribution in [1.29, 1.82) is 5.26 Å². The van der Waals surface area contributed by atoms with E-state index in [1.165, 1.54) is 24.3 Å². The summed E-state index contributed by atoms with van der Waals surface area (Å²) >= 11 is 0. The van der Waals surface area contributed by atoms with Crippen LogP contribution in [0, 0.1) is 11.3 Å². The Morgan fingerprint density at radius 2 is 1.79 bits per heavy atom. The van der Waals surface area contributed by atoms with E-state index in [4.69, 9.17) is 14.5 Å². The Bertz CT molecular complexity index is 1390. The highest BCUT2D eigenvalue weighted by molar-refractivity contribution is 6.07. The van der Waals surface area contributed by atoms with Crippen molar-refractivity contribution in [1.82, 2.24) is 5.16 Å². The van der Waals surface area contributed by atoms with Gasteiger partial charge in [-0.1, -0.05) is 47.6 Å². The molecule has 168 valence electrons. The molecule has 0 saturated carbocycles. The number of aromatic carboxylic acids is 1. The molecule has 4 aromatic rings. The second kappa shape index (κ2) is 9.71. The number of anilines is 1. The Labute approximate surface area is 195 Å². The molecule has 0 aliphatic heterocycles. The van der Waals surface area contributed by atoms with Gasteiger partial charge in [-0.25, -0.2) is 4.79 Å². The zero-order valence-electron chi connectivity index (χ0n) is 18.1. The van der Waals surface area contributed by atoms with E-state index in [2.05, 4.69) is 10.5 Å². The zero-order chi connectivity index (χ0) is 24.1. The minimum absolute atomic E-state index is 0.0402. The van der Waals surface area contributed by atoms with Crippen LogP contribution in [0.4, 0.5) is 5.69 Å². The van der Waals surface area contributed by atoms with Crippen LogP contribution in [0.1, 0.15) is 45.0 Å². The third-order valence-electron chi connectivity index (χ3n) is 5.10. The first-order chi connectivity index (χ1) is 16.5. The average Bonchev–Trinajstić information content (AvgIpc) is 3.35. The van der Waals surface area contributed by atoms with Crippen LogP contribution in [-0.4, -0.2) is 22.1 Å². The number of amides is 1. The molecule has 1 atom stereocenters. The standard InChI is InChI=1S/C26H19N3O5/c1-16(18-7-3-2-4-8-18)33-23-10-6-5-9-19(23)24-14-22(29-34-24)25(30)28-21-12-11-17(15-27)13-20(21)26(31)32/h2-14,16H,1H3,(H,28,30)(H,31,32)/t16-/m0/s1. The first-order valence-electron chi connectivity index (χ1n) is 10.3. The van der Waals surface area contributed by atoms with Gasteiger partial charge in [0.05, 0.1) is 28.4 Å². The molecule has 1 amide bonds. The molecule has 34 heavy (non-hydrogen) atoms. The van der Waals surface area contributed by atoms with Crippen LogP contribution in [0.25, 0.3) is 11.3 Å². The molecule has 0 spiro atoms. The van der Waals surface area contributed by atoms with E-state index >= 15 is 0 Å². The molecule has 0 fully saturated rings. The van der Waals surface area contributed by atoms with Gasteiger partial charge < -0.3 is 19.7 Å². The lowest BCUT2D eigenvalue weighted by Gasteiger charge is -2.16. The maximum Gasteiger partial charge on any atom is 0.337 e. The monoisotopic (exact) mass is 453 g/mol. The number of carboxylic acids is 1. The highest BCUT2D eigenvalue weighted by Crippen LogP contribution is 2.33. The number of carboxylic acid groups (broad SMARTS) is 1. The molecule has 0 aliphatic rings. The van der Waals surface area contributed by atoms with Crippen LogP contribution in [0.3, 0.4) is 0 Å². The van der Waals surface area contributed by atoms with Gasteiger partial charge in [0.1, 0.15) is 11.9 Å².